The van der Waals surface area contributed by atoms with Gasteiger partial charge in [0.25, 0.3) is 0 Å². The SMILES string of the molecule is C=CC1=C(C=C)Cc2ccccc2C1.CC.CC. The van der Waals surface area contributed by atoms with Crippen molar-refractivity contribution in [2.45, 2.75) is 40.5 Å². The van der Waals surface area contributed by atoms with E-state index in [1.54, 1.807) is 0 Å². The summed E-state index contributed by atoms with van der Waals surface area (Å²) in [5.41, 5.74) is 5.48. The highest BCUT2D eigenvalue weighted by Gasteiger charge is 2.13. The van der Waals surface area contributed by atoms with Crippen LogP contribution in [-0.2, 0) is 12.8 Å². The smallest absolute Gasteiger partial charge is 0.00203 e. The molecule has 98 valence electrons. The molecule has 0 aliphatic heterocycles. The lowest BCUT2D eigenvalue weighted by Gasteiger charge is -2.19. The van der Waals surface area contributed by atoms with Crippen LogP contribution >= 0.6 is 0 Å². The van der Waals surface area contributed by atoms with E-state index in [4.69, 9.17) is 0 Å². The van der Waals surface area contributed by atoms with Gasteiger partial charge < -0.3 is 0 Å². The van der Waals surface area contributed by atoms with Gasteiger partial charge in [0, 0.05) is 0 Å². The molecular weight excluding hydrogens is 216 g/mol. The fourth-order valence-electron chi connectivity index (χ4n) is 1.95. The van der Waals surface area contributed by atoms with E-state index in [0.29, 0.717) is 0 Å². The average Bonchev–Trinajstić information content (AvgIpc) is 2.49. The molecule has 0 fully saturated rings. The Labute approximate surface area is 113 Å². The lowest BCUT2D eigenvalue weighted by atomic mass is 9.86. The molecule has 0 atom stereocenters. The zero-order valence-corrected chi connectivity index (χ0v) is 12.3. The van der Waals surface area contributed by atoms with Gasteiger partial charge in [-0.3, -0.25) is 0 Å². The third-order valence-electron chi connectivity index (χ3n) is 2.79. The zero-order valence-electron chi connectivity index (χ0n) is 12.3. The van der Waals surface area contributed by atoms with Crippen molar-refractivity contribution < 1.29 is 0 Å². The Kier molecular flexibility index (Phi) is 8.65. The van der Waals surface area contributed by atoms with Crippen LogP contribution in [-0.4, -0.2) is 0 Å². The van der Waals surface area contributed by atoms with E-state index in [-0.39, 0.29) is 0 Å². The van der Waals surface area contributed by atoms with E-state index in [0.717, 1.165) is 12.8 Å². The Morgan fingerprint density at radius 1 is 0.778 bits per heavy atom. The Bertz CT molecular complexity index is 369. The molecule has 0 heteroatoms. The Morgan fingerprint density at radius 2 is 1.11 bits per heavy atom. The minimum atomic E-state index is 1.00. The first-order valence-corrected chi connectivity index (χ1v) is 6.89. The third-order valence-corrected chi connectivity index (χ3v) is 2.79. The van der Waals surface area contributed by atoms with Gasteiger partial charge in [-0.05, 0) is 35.1 Å². The molecule has 0 N–H and O–H groups in total. The third kappa shape index (κ3) is 4.03. The number of rotatable bonds is 2. The first-order chi connectivity index (χ1) is 8.85. The van der Waals surface area contributed by atoms with Gasteiger partial charge in [-0.1, -0.05) is 77.3 Å². The van der Waals surface area contributed by atoms with Crippen molar-refractivity contribution in [1.82, 2.24) is 0 Å². The van der Waals surface area contributed by atoms with Gasteiger partial charge in [0.1, 0.15) is 0 Å². The molecule has 0 bridgehead atoms. The molecule has 0 radical (unpaired) electrons. The summed E-state index contributed by atoms with van der Waals surface area (Å²) in [5.74, 6) is 0. The van der Waals surface area contributed by atoms with Crippen LogP contribution in [0.15, 0.2) is 60.7 Å². The molecule has 0 unspecified atom stereocenters. The lowest BCUT2D eigenvalue weighted by molar-refractivity contribution is 1.01. The average molecular weight is 242 g/mol. The fourth-order valence-corrected chi connectivity index (χ4v) is 1.95. The van der Waals surface area contributed by atoms with Crippen molar-refractivity contribution in [2.75, 3.05) is 0 Å². The zero-order chi connectivity index (χ0) is 14.0. The second kappa shape index (κ2) is 9.47. The van der Waals surface area contributed by atoms with E-state index < -0.39 is 0 Å². The number of fused-ring (bicyclic) bond motifs is 1. The highest BCUT2D eigenvalue weighted by molar-refractivity contribution is 5.46. The maximum atomic E-state index is 3.85. The van der Waals surface area contributed by atoms with Crippen molar-refractivity contribution in [2.24, 2.45) is 0 Å². The van der Waals surface area contributed by atoms with Crippen LogP contribution in [0.4, 0.5) is 0 Å². The molecule has 0 nitrogen and oxygen atoms in total. The van der Waals surface area contributed by atoms with Crippen molar-refractivity contribution in [1.29, 1.82) is 0 Å². The monoisotopic (exact) mass is 242 g/mol. The molecular formula is C18H26. The van der Waals surface area contributed by atoms with Crippen LogP contribution in [0.2, 0.25) is 0 Å². The predicted octanol–water partition coefficient (Wildman–Crippen LogP) is 5.51. The highest BCUT2D eigenvalue weighted by Crippen LogP contribution is 2.26. The van der Waals surface area contributed by atoms with Crippen molar-refractivity contribution in [3.8, 4) is 0 Å². The first-order valence-electron chi connectivity index (χ1n) is 6.89. The van der Waals surface area contributed by atoms with E-state index >= 15 is 0 Å². The lowest BCUT2D eigenvalue weighted by Crippen LogP contribution is -2.06. The summed E-state index contributed by atoms with van der Waals surface area (Å²) >= 11 is 0. The molecule has 0 heterocycles. The quantitative estimate of drug-likeness (QED) is 0.642. The van der Waals surface area contributed by atoms with E-state index in [1.807, 2.05) is 39.8 Å². The standard InChI is InChI=1S/C14H14.2C2H6/c1-3-11-9-13-7-5-6-8-14(13)10-12(11)4-2;2*1-2/h3-8H,1-2,9-10H2;2*1-2H3. The van der Waals surface area contributed by atoms with E-state index in [2.05, 4.69) is 37.4 Å². The highest BCUT2D eigenvalue weighted by atomic mass is 14.2. The number of allylic oxidation sites excluding steroid dienone is 4. The van der Waals surface area contributed by atoms with Gasteiger partial charge in [-0.15, -0.1) is 0 Å². The van der Waals surface area contributed by atoms with Crippen LogP contribution in [0.3, 0.4) is 0 Å². The van der Waals surface area contributed by atoms with Gasteiger partial charge in [0.2, 0.25) is 0 Å². The first kappa shape index (κ1) is 16.4. The summed E-state index contributed by atoms with van der Waals surface area (Å²) in [7, 11) is 0. The molecule has 0 aromatic heterocycles. The summed E-state index contributed by atoms with van der Waals surface area (Å²) in [6.45, 7) is 15.7. The molecule has 0 saturated heterocycles. The number of hydrogen-bond acceptors (Lipinski definition) is 0. The Morgan fingerprint density at radius 3 is 1.39 bits per heavy atom. The minimum Gasteiger partial charge on any atom is -0.0988 e. The molecule has 0 saturated carbocycles. The predicted molar refractivity (Wildman–Crippen MR) is 84.0 cm³/mol. The van der Waals surface area contributed by atoms with Crippen molar-refractivity contribution in [3.63, 3.8) is 0 Å². The molecule has 0 amide bonds. The molecule has 0 spiro atoms. The molecule has 1 aliphatic rings. The van der Waals surface area contributed by atoms with Crippen LogP contribution in [0.5, 0.6) is 0 Å². The molecule has 2 rings (SSSR count). The Hall–Kier alpha value is -1.56. The summed E-state index contributed by atoms with van der Waals surface area (Å²) < 4.78 is 0. The maximum absolute atomic E-state index is 3.85. The van der Waals surface area contributed by atoms with E-state index in [9.17, 15) is 0 Å². The van der Waals surface area contributed by atoms with Crippen molar-refractivity contribution >= 4 is 0 Å². The maximum Gasteiger partial charge on any atom is -0.00203 e. The summed E-state index contributed by atoms with van der Waals surface area (Å²) in [6, 6.07) is 8.58. The summed E-state index contributed by atoms with van der Waals surface area (Å²) in [5, 5.41) is 0. The van der Waals surface area contributed by atoms with Crippen LogP contribution < -0.4 is 0 Å². The molecule has 1 aromatic carbocycles. The van der Waals surface area contributed by atoms with E-state index in [1.165, 1.54) is 22.3 Å². The number of benzene rings is 1. The molecule has 18 heavy (non-hydrogen) atoms. The van der Waals surface area contributed by atoms with Gasteiger partial charge in [0.05, 0.1) is 0 Å². The molecule has 1 aromatic rings. The molecule has 1 aliphatic carbocycles. The Balaban J connectivity index is 0.000000659. The van der Waals surface area contributed by atoms with Crippen LogP contribution in [0.1, 0.15) is 38.8 Å². The van der Waals surface area contributed by atoms with Gasteiger partial charge >= 0.3 is 0 Å². The normalized spacial score (nSPS) is 12.2. The fraction of sp³-hybridized carbons (Fsp3) is 0.333. The van der Waals surface area contributed by atoms with Crippen LogP contribution in [0.25, 0.3) is 0 Å². The van der Waals surface area contributed by atoms with Crippen LogP contribution in [0, 0.1) is 0 Å². The topological polar surface area (TPSA) is 0 Å². The second-order valence-corrected chi connectivity index (χ2v) is 3.58. The van der Waals surface area contributed by atoms with Gasteiger partial charge in [-0.25, -0.2) is 0 Å². The summed E-state index contributed by atoms with van der Waals surface area (Å²) in [6.07, 6.45) is 5.90. The van der Waals surface area contributed by atoms with Gasteiger partial charge in [-0.2, -0.15) is 0 Å². The second-order valence-electron chi connectivity index (χ2n) is 3.58. The summed E-state index contributed by atoms with van der Waals surface area (Å²) in [4.78, 5) is 0. The minimum absolute atomic E-state index is 1.00. The van der Waals surface area contributed by atoms with Gasteiger partial charge in [0.15, 0.2) is 0 Å². The largest absolute Gasteiger partial charge is 0.0988 e. The van der Waals surface area contributed by atoms with Crippen molar-refractivity contribution in [3.05, 3.63) is 71.8 Å². The number of hydrogen-bond donors (Lipinski definition) is 0.